The lowest BCUT2D eigenvalue weighted by atomic mass is 10.3. The Morgan fingerprint density at radius 1 is 0.857 bits per heavy atom. The van der Waals surface area contributed by atoms with E-state index in [9.17, 15) is 13.2 Å². The highest BCUT2D eigenvalue weighted by Gasteiger charge is 2.17. The summed E-state index contributed by atoms with van der Waals surface area (Å²) in [6.45, 7) is 0. The molecule has 0 radical (unpaired) electrons. The lowest BCUT2D eigenvalue weighted by molar-refractivity contribution is 0.256. The number of rotatable bonds is 3. The van der Waals surface area contributed by atoms with Crippen molar-refractivity contribution in [1.29, 1.82) is 0 Å². The normalized spacial score (nSPS) is 11.0. The van der Waals surface area contributed by atoms with Gasteiger partial charge in [0.25, 0.3) is 10.0 Å². The van der Waals surface area contributed by atoms with Crippen molar-refractivity contribution < 1.29 is 13.2 Å². The van der Waals surface area contributed by atoms with Gasteiger partial charge >= 0.3 is 6.03 Å². The number of carbonyl (C=O) groups excluding carboxylic acids is 1. The van der Waals surface area contributed by atoms with Gasteiger partial charge in [0.1, 0.15) is 0 Å². The summed E-state index contributed by atoms with van der Waals surface area (Å²) in [7, 11) is -3.90. The summed E-state index contributed by atoms with van der Waals surface area (Å²) >= 11 is 6.48. The van der Waals surface area contributed by atoms with Gasteiger partial charge in [0, 0.05) is 14.6 Å². The molecule has 0 atom stereocenters. The molecule has 0 unspecified atom stereocenters. The van der Waals surface area contributed by atoms with Crippen LogP contribution in [0.3, 0.4) is 0 Å². The van der Waals surface area contributed by atoms with Crippen molar-refractivity contribution in [3.05, 3.63) is 57.5 Å². The topological polar surface area (TPSA) is 75.3 Å². The molecule has 21 heavy (non-hydrogen) atoms. The van der Waals surface area contributed by atoms with Gasteiger partial charge in [-0.1, -0.05) is 31.9 Å². The van der Waals surface area contributed by atoms with Gasteiger partial charge in [0.2, 0.25) is 0 Å². The molecule has 0 aliphatic rings. The van der Waals surface area contributed by atoms with Gasteiger partial charge in [-0.25, -0.2) is 17.9 Å². The van der Waals surface area contributed by atoms with Crippen LogP contribution in [0, 0.1) is 0 Å². The molecule has 0 bridgehead atoms. The van der Waals surface area contributed by atoms with E-state index < -0.39 is 16.1 Å². The van der Waals surface area contributed by atoms with Gasteiger partial charge in [-0.05, 0) is 48.5 Å². The average Bonchev–Trinajstić information content (AvgIpc) is 2.41. The van der Waals surface area contributed by atoms with Crippen LogP contribution in [0.5, 0.6) is 0 Å². The minimum Gasteiger partial charge on any atom is -0.307 e. The summed E-state index contributed by atoms with van der Waals surface area (Å²) in [4.78, 5) is 11.7. The molecule has 0 fully saturated rings. The van der Waals surface area contributed by atoms with Crippen molar-refractivity contribution >= 4 is 53.6 Å². The maximum Gasteiger partial charge on any atom is 0.333 e. The SMILES string of the molecule is O=C(Nc1ccc(Br)cc1)NS(=O)(=O)c1ccc(Br)cc1. The molecule has 0 spiro atoms. The zero-order valence-electron chi connectivity index (χ0n) is 10.5. The lowest BCUT2D eigenvalue weighted by Crippen LogP contribution is -2.34. The second kappa shape index (κ2) is 6.59. The van der Waals surface area contributed by atoms with Gasteiger partial charge in [-0.15, -0.1) is 0 Å². The Hall–Kier alpha value is -1.38. The van der Waals surface area contributed by atoms with Crippen molar-refractivity contribution in [1.82, 2.24) is 4.72 Å². The highest BCUT2D eigenvalue weighted by Crippen LogP contribution is 2.16. The monoisotopic (exact) mass is 432 g/mol. The molecule has 110 valence electrons. The van der Waals surface area contributed by atoms with Crippen molar-refractivity contribution in [3.8, 4) is 0 Å². The molecule has 0 saturated heterocycles. The van der Waals surface area contributed by atoms with Crippen LogP contribution < -0.4 is 10.0 Å². The molecule has 8 heteroatoms. The van der Waals surface area contributed by atoms with Crippen LogP contribution in [-0.4, -0.2) is 14.4 Å². The van der Waals surface area contributed by atoms with Gasteiger partial charge in [0.15, 0.2) is 0 Å². The number of sulfonamides is 1. The summed E-state index contributed by atoms with van der Waals surface area (Å²) in [5, 5.41) is 2.45. The van der Waals surface area contributed by atoms with Gasteiger partial charge in [0.05, 0.1) is 4.90 Å². The van der Waals surface area contributed by atoms with E-state index in [0.29, 0.717) is 5.69 Å². The smallest absolute Gasteiger partial charge is 0.307 e. The first-order chi connectivity index (χ1) is 9.87. The molecule has 2 aromatic rings. The van der Waals surface area contributed by atoms with Crippen LogP contribution in [0.1, 0.15) is 0 Å². The Morgan fingerprint density at radius 3 is 1.86 bits per heavy atom. The van der Waals surface area contributed by atoms with Crippen molar-refractivity contribution in [2.75, 3.05) is 5.32 Å². The number of benzene rings is 2. The standard InChI is InChI=1S/C13H10Br2N2O3S/c14-9-1-5-11(6-2-9)16-13(18)17-21(19,20)12-7-3-10(15)4-8-12/h1-8H,(H2,16,17,18). The number of urea groups is 1. The molecule has 0 heterocycles. The second-order valence-corrected chi connectivity index (χ2v) is 7.53. The number of hydrogen-bond donors (Lipinski definition) is 2. The average molecular weight is 434 g/mol. The minimum atomic E-state index is -3.90. The quantitative estimate of drug-likeness (QED) is 0.774. The first-order valence-corrected chi connectivity index (χ1v) is 8.79. The second-order valence-electron chi connectivity index (χ2n) is 4.02. The van der Waals surface area contributed by atoms with E-state index in [1.54, 1.807) is 36.4 Å². The molecule has 2 amide bonds. The van der Waals surface area contributed by atoms with Crippen LogP contribution in [0.25, 0.3) is 0 Å². The van der Waals surface area contributed by atoms with Crippen LogP contribution in [0.15, 0.2) is 62.4 Å². The van der Waals surface area contributed by atoms with E-state index in [0.717, 1.165) is 8.95 Å². The zero-order valence-corrected chi connectivity index (χ0v) is 14.5. The Labute approximate surface area is 139 Å². The molecule has 0 saturated carbocycles. The van der Waals surface area contributed by atoms with Gasteiger partial charge in [-0.2, -0.15) is 0 Å². The van der Waals surface area contributed by atoms with Gasteiger partial charge in [-0.3, -0.25) is 0 Å². The molecule has 0 aliphatic carbocycles. The van der Waals surface area contributed by atoms with Crippen LogP contribution in [-0.2, 0) is 10.0 Å². The summed E-state index contributed by atoms with van der Waals surface area (Å²) in [6, 6.07) is 11.9. The summed E-state index contributed by atoms with van der Waals surface area (Å²) < 4.78 is 27.6. The van der Waals surface area contributed by atoms with E-state index >= 15 is 0 Å². The third kappa shape index (κ3) is 4.55. The molecular weight excluding hydrogens is 424 g/mol. The summed E-state index contributed by atoms with van der Waals surface area (Å²) in [5.41, 5.74) is 0.488. The maximum atomic E-state index is 12.0. The Bertz CT molecular complexity index is 744. The molecule has 2 aromatic carbocycles. The fraction of sp³-hybridized carbons (Fsp3) is 0. The maximum absolute atomic E-state index is 12.0. The first-order valence-electron chi connectivity index (χ1n) is 5.72. The number of anilines is 1. The molecule has 5 nitrogen and oxygen atoms in total. The highest BCUT2D eigenvalue weighted by atomic mass is 79.9. The Balaban J connectivity index is 2.07. The zero-order chi connectivity index (χ0) is 15.5. The third-order valence-electron chi connectivity index (χ3n) is 2.45. The number of carbonyl (C=O) groups is 1. The fourth-order valence-corrected chi connectivity index (χ4v) is 2.92. The number of amides is 2. The van der Waals surface area contributed by atoms with Crippen LogP contribution >= 0.6 is 31.9 Å². The number of hydrogen-bond acceptors (Lipinski definition) is 3. The van der Waals surface area contributed by atoms with E-state index in [1.165, 1.54) is 12.1 Å². The van der Waals surface area contributed by atoms with Crippen LogP contribution in [0.4, 0.5) is 10.5 Å². The number of halogens is 2. The Kier molecular flexibility index (Phi) is 5.02. The minimum absolute atomic E-state index is 0.0108. The van der Waals surface area contributed by atoms with Crippen molar-refractivity contribution in [3.63, 3.8) is 0 Å². The van der Waals surface area contributed by atoms with E-state index in [-0.39, 0.29) is 4.90 Å². The van der Waals surface area contributed by atoms with Crippen LogP contribution in [0.2, 0.25) is 0 Å². The summed E-state index contributed by atoms with van der Waals surface area (Å²) in [5.74, 6) is 0. The molecule has 0 aromatic heterocycles. The van der Waals surface area contributed by atoms with Gasteiger partial charge < -0.3 is 5.32 Å². The third-order valence-corrected chi connectivity index (χ3v) is 4.86. The molecule has 2 N–H and O–H groups in total. The Morgan fingerprint density at radius 2 is 1.33 bits per heavy atom. The highest BCUT2D eigenvalue weighted by molar-refractivity contribution is 9.10. The molecule has 2 rings (SSSR count). The van der Waals surface area contributed by atoms with E-state index in [2.05, 4.69) is 37.2 Å². The predicted molar refractivity (Wildman–Crippen MR) is 87.6 cm³/mol. The fourth-order valence-electron chi connectivity index (χ4n) is 1.48. The molecular formula is C13H10Br2N2O3S. The summed E-state index contributed by atoms with van der Waals surface area (Å²) in [6.07, 6.45) is 0. The predicted octanol–water partition coefficient (Wildman–Crippen LogP) is 3.72. The lowest BCUT2D eigenvalue weighted by Gasteiger charge is -2.08. The van der Waals surface area contributed by atoms with E-state index in [1.807, 2.05) is 4.72 Å². The van der Waals surface area contributed by atoms with Crippen molar-refractivity contribution in [2.45, 2.75) is 4.90 Å². The van der Waals surface area contributed by atoms with Crippen molar-refractivity contribution in [2.24, 2.45) is 0 Å². The first kappa shape index (κ1) is 16.0. The number of nitrogens with one attached hydrogen (secondary N) is 2. The van der Waals surface area contributed by atoms with E-state index in [4.69, 9.17) is 0 Å². The molecule has 0 aliphatic heterocycles. The largest absolute Gasteiger partial charge is 0.333 e.